The molecule has 1 saturated heterocycles. The summed E-state index contributed by atoms with van der Waals surface area (Å²) in [5.74, 6) is 0.763. The molecule has 4 heterocycles. The zero-order chi connectivity index (χ0) is 24.6. The monoisotopic (exact) mass is 499 g/mol. The lowest BCUT2D eigenvalue weighted by molar-refractivity contribution is 0.313. The Bertz CT molecular complexity index is 1100. The molecule has 184 valence electrons. The van der Waals surface area contributed by atoms with Crippen LogP contribution in [0.4, 0.5) is 17.2 Å². The van der Waals surface area contributed by atoms with Gasteiger partial charge in [-0.1, -0.05) is 53.1 Å². The lowest BCUT2D eigenvalue weighted by Crippen LogP contribution is -2.55. The van der Waals surface area contributed by atoms with E-state index in [1.54, 1.807) is 0 Å². The van der Waals surface area contributed by atoms with Gasteiger partial charge in [0.25, 0.3) is 0 Å². The Morgan fingerprint density at radius 1 is 0.971 bits per heavy atom. The lowest BCUT2D eigenvalue weighted by atomic mass is 10.3. The zero-order valence-electron chi connectivity index (χ0n) is 21.5. The van der Waals surface area contributed by atoms with Gasteiger partial charge in [0.05, 0.1) is 23.0 Å². The van der Waals surface area contributed by atoms with Crippen molar-refractivity contribution in [2.45, 2.75) is 58.2 Å². The van der Waals surface area contributed by atoms with Crippen molar-refractivity contribution in [1.29, 1.82) is 0 Å². The van der Waals surface area contributed by atoms with Crippen LogP contribution < -0.4 is 15.6 Å². The van der Waals surface area contributed by atoms with Crippen molar-refractivity contribution in [2.24, 2.45) is 0 Å². The maximum absolute atomic E-state index is 6.64. The van der Waals surface area contributed by atoms with Crippen molar-refractivity contribution in [2.75, 3.05) is 43.4 Å². The van der Waals surface area contributed by atoms with Gasteiger partial charge in [-0.25, -0.2) is 9.97 Å². The highest BCUT2D eigenvalue weighted by Gasteiger charge is 2.47. The van der Waals surface area contributed by atoms with Gasteiger partial charge < -0.3 is 19.5 Å². The first-order valence-corrected chi connectivity index (χ1v) is 15.0. The normalized spacial score (nSPS) is 15.8. The number of hydrogen-bond donors (Lipinski definition) is 1. The molecule has 1 fully saturated rings. The quantitative estimate of drug-likeness (QED) is 0.306. The fourth-order valence-corrected chi connectivity index (χ4v) is 12.6. The average Bonchev–Trinajstić information content (AvgIpc) is 3.18. The number of nitrogens with one attached hydrogen (secondary N) is 1. The number of hydrogen-bond acceptors (Lipinski definition) is 6. The van der Waals surface area contributed by atoms with Gasteiger partial charge in [-0.2, -0.15) is 0 Å². The Balaban J connectivity index is 1.67. The molecule has 1 aliphatic rings. The molecular weight excluding hydrogens is 462 g/mol. The summed E-state index contributed by atoms with van der Waals surface area (Å²) in [6.45, 7) is 18.2. The Kier molecular flexibility index (Phi) is 7.27. The summed E-state index contributed by atoms with van der Waals surface area (Å²) in [5, 5.41) is 4.99. The summed E-state index contributed by atoms with van der Waals surface area (Å²) in [4.78, 5) is 14.0. The second-order valence-electron chi connectivity index (χ2n) is 10.5. The molecule has 3 aromatic heterocycles. The highest BCUT2D eigenvalue weighted by Crippen LogP contribution is 2.42. The van der Waals surface area contributed by atoms with Crippen molar-refractivity contribution in [1.82, 2.24) is 14.9 Å². The van der Waals surface area contributed by atoms with Gasteiger partial charge in [-0.05, 0) is 35.8 Å². The van der Waals surface area contributed by atoms with Crippen molar-refractivity contribution in [3.8, 4) is 0 Å². The Morgan fingerprint density at radius 2 is 1.62 bits per heavy atom. The number of aromatic nitrogens is 2. The summed E-state index contributed by atoms with van der Waals surface area (Å²) in [6, 6.07) is 8.12. The van der Waals surface area contributed by atoms with E-state index in [-0.39, 0.29) is 0 Å². The number of halogens is 1. The molecule has 0 saturated carbocycles. The Hall–Kier alpha value is -2.09. The first-order valence-electron chi connectivity index (χ1n) is 12.4. The molecule has 6 nitrogen and oxygen atoms in total. The molecule has 0 radical (unpaired) electrons. The largest absolute Gasteiger partial charge is 0.462 e. The van der Waals surface area contributed by atoms with E-state index in [4.69, 9.17) is 16.0 Å². The van der Waals surface area contributed by atoms with Crippen molar-refractivity contribution in [3.05, 3.63) is 35.6 Å². The molecule has 4 rings (SSSR count). The molecule has 0 spiro atoms. The van der Waals surface area contributed by atoms with Crippen LogP contribution in [0.3, 0.4) is 0 Å². The number of furan rings is 1. The molecule has 0 unspecified atom stereocenters. The Labute approximate surface area is 209 Å². The molecule has 0 atom stereocenters. The van der Waals surface area contributed by atoms with Crippen LogP contribution in [0.25, 0.3) is 11.1 Å². The van der Waals surface area contributed by atoms with E-state index in [1.165, 1.54) is 0 Å². The van der Waals surface area contributed by atoms with E-state index >= 15 is 0 Å². The third-order valence-electron chi connectivity index (χ3n) is 7.62. The Morgan fingerprint density at radius 3 is 2.18 bits per heavy atom. The summed E-state index contributed by atoms with van der Waals surface area (Å²) in [6.07, 6.45) is 1.94. The van der Waals surface area contributed by atoms with E-state index in [0.717, 1.165) is 59.9 Å². The molecule has 0 aromatic carbocycles. The van der Waals surface area contributed by atoms with E-state index < -0.39 is 8.07 Å². The van der Waals surface area contributed by atoms with E-state index in [2.05, 4.69) is 85.8 Å². The maximum atomic E-state index is 6.64. The van der Waals surface area contributed by atoms with Gasteiger partial charge >= 0.3 is 0 Å². The summed E-state index contributed by atoms with van der Waals surface area (Å²) < 4.78 is 6.64. The number of pyridine rings is 2. The standard InChI is InChI=1S/C26H38ClN5OSi/c1-17(2)34(18(3)4,19(5)6)25-15-22-26(33-25)21(14-23(27)29-22)30-24-9-8-20(16-28-24)32-12-10-31(7)11-13-32/h8-9,14-19H,10-13H2,1-7H3,(H,28,29,30). The minimum absolute atomic E-state index is 0.447. The minimum atomic E-state index is -1.95. The van der Waals surface area contributed by atoms with Gasteiger partial charge in [-0.3, -0.25) is 0 Å². The van der Waals surface area contributed by atoms with E-state index in [9.17, 15) is 0 Å². The lowest BCUT2D eigenvalue weighted by Gasteiger charge is -2.40. The highest BCUT2D eigenvalue weighted by atomic mass is 35.5. The maximum Gasteiger partial charge on any atom is 0.175 e. The molecule has 34 heavy (non-hydrogen) atoms. The minimum Gasteiger partial charge on any atom is -0.462 e. The van der Waals surface area contributed by atoms with E-state index in [0.29, 0.717) is 21.8 Å². The predicted molar refractivity (Wildman–Crippen MR) is 147 cm³/mol. The molecule has 1 aliphatic heterocycles. The molecule has 0 bridgehead atoms. The highest BCUT2D eigenvalue weighted by molar-refractivity contribution is 6.94. The van der Waals surface area contributed by atoms with Crippen LogP contribution in [0.5, 0.6) is 0 Å². The fraction of sp³-hybridized carbons (Fsp3) is 0.538. The second-order valence-corrected chi connectivity index (χ2v) is 16.7. The van der Waals surface area contributed by atoms with Crippen molar-refractivity contribution >= 4 is 53.4 Å². The third kappa shape index (κ3) is 4.58. The predicted octanol–water partition coefficient (Wildman–Crippen LogP) is 6.26. The molecular formula is C26H38ClN5OSi. The number of likely N-dealkylation sites (N-methyl/N-ethyl adjacent to an activating group) is 1. The molecule has 3 aromatic rings. The van der Waals surface area contributed by atoms with Gasteiger partial charge in [0.2, 0.25) is 0 Å². The molecule has 0 amide bonds. The number of rotatable bonds is 7. The van der Waals surface area contributed by atoms with Crippen molar-refractivity contribution in [3.63, 3.8) is 0 Å². The number of nitrogens with zero attached hydrogens (tertiary/aromatic N) is 4. The van der Waals surface area contributed by atoms with Gasteiger partial charge in [0, 0.05) is 38.3 Å². The van der Waals surface area contributed by atoms with Crippen LogP contribution in [0.15, 0.2) is 34.9 Å². The fourth-order valence-electron chi connectivity index (χ4n) is 6.00. The van der Waals surface area contributed by atoms with Gasteiger partial charge in [0.1, 0.15) is 24.6 Å². The SMILES string of the molecule is CC(C)[Si](c1cc2nc(Cl)cc(Nc3ccc(N4CCN(C)CC4)cn3)c2o1)(C(C)C)C(C)C. The summed E-state index contributed by atoms with van der Waals surface area (Å²) in [7, 11) is 0.213. The molecule has 0 aliphatic carbocycles. The summed E-state index contributed by atoms with van der Waals surface area (Å²) in [5.41, 5.74) is 5.15. The first kappa shape index (κ1) is 25.0. The second kappa shape index (κ2) is 9.88. The van der Waals surface area contributed by atoms with Crippen molar-refractivity contribution < 1.29 is 4.42 Å². The third-order valence-corrected chi connectivity index (χ3v) is 14.6. The van der Waals surface area contributed by atoms with E-state index in [1.807, 2.05) is 18.3 Å². The van der Waals surface area contributed by atoms with Crippen LogP contribution in [0, 0.1) is 0 Å². The van der Waals surface area contributed by atoms with Crippen LogP contribution in [-0.2, 0) is 0 Å². The summed E-state index contributed by atoms with van der Waals surface area (Å²) >= 11 is 6.43. The number of anilines is 3. The van der Waals surface area contributed by atoms with Gasteiger partial charge in [-0.15, -0.1) is 0 Å². The average molecular weight is 500 g/mol. The van der Waals surface area contributed by atoms with Crippen LogP contribution in [-0.4, -0.2) is 56.2 Å². The first-order chi connectivity index (χ1) is 16.1. The molecule has 8 heteroatoms. The smallest absolute Gasteiger partial charge is 0.175 e. The number of fused-ring (bicyclic) bond motifs is 1. The topological polar surface area (TPSA) is 57.4 Å². The van der Waals surface area contributed by atoms with Crippen LogP contribution >= 0.6 is 11.6 Å². The zero-order valence-corrected chi connectivity index (χ0v) is 23.3. The number of piperazine rings is 1. The van der Waals surface area contributed by atoms with Crippen LogP contribution in [0.1, 0.15) is 41.5 Å². The van der Waals surface area contributed by atoms with Gasteiger partial charge in [0.15, 0.2) is 5.58 Å². The molecule has 1 N–H and O–H groups in total. The van der Waals surface area contributed by atoms with Crippen LogP contribution in [0.2, 0.25) is 21.8 Å².